The predicted molar refractivity (Wildman–Crippen MR) is 82.7 cm³/mol. The Morgan fingerprint density at radius 1 is 1.14 bits per heavy atom. The average Bonchev–Trinajstić information content (AvgIpc) is 2.66. The van der Waals surface area contributed by atoms with Gasteiger partial charge in [-0.2, -0.15) is 0 Å². The summed E-state index contributed by atoms with van der Waals surface area (Å²) in [6.07, 6.45) is 1.95. The highest BCUT2D eigenvalue weighted by atomic mass is 32.2. The standard InChI is InChI=1S/C16H22O5S/c1-20-8-9-21-13-4-2-12(3-5-13)16(17)10-14-6-7-15(11-16)22(14,18)19/h2-5,14-15,17H,6-11H2,1H3. The Bertz CT molecular complexity index is 602. The summed E-state index contributed by atoms with van der Waals surface area (Å²) in [7, 11) is -1.41. The van der Waals surface area contributed by atoms with Gasteiger partial charge in [-0.1, -0.05) is 12.1 Å². The first-order valence-corrected chi connectivity index (χ1v) is 9.24. The molecule has 0 aliphatic carbocycles. The first kappa shape index (κ1) is 15.8. The smallest absolute Gasteiger partial charge is 0.156 e. The van der Waals surface area contributed by atoms with Gasteiger partial charge in [0.1, 0.15) is 12.4 Å². The van der Waals surface area contributed by atoms with Crippen LogP contribution in [0, 0.1) is 0 Å². The van der Waals surface area contributed by atoms with Gasteiger partial charge in [-0.05, 0) is 43.4 Å². The van der Waals surface area contributed by atoms with Crippen molar-refractivity contribution in [2.24, 2.45) is 0 Å². The lowest BCUT2D eigenvalue weighted by Crippen LogP contribution is -2.43. The number of rotatable bonds is 5. The van der Waals surface area contributed by atoms with E-state index in [4.69, 9.17) is 9.47 Å². The molecule has 0 radical (unpaired) electrons. The maximum absolute atomic E-state index is 12.2. The van der Waals surface area contributed by atoms with Crippen LogP contribution in [0.15, 0.2) is 24.3 Å². The van der Waals surface area contributed by atoms with E-state index in [0.717, 1.165) is 11.3 Å². The number of methoxy groups -OCH3 is 1. The van der Waals surface area contributed by atoms with Crippen LogP contribution in [0.5, 0.6) is 5.75 Å². The van der Waals surface area contributed by atoms with Crippen LogP contribution in [0.4, 0.5) is 0 Å². The Labute approximate surface area is 131 Å². The third-order valence-corrected chi connectivity index (χ3v) is 7.48. The lowest BCUT2D eigenvalue weighted by molar-refractivity contribution is 0.0173. The second-order valence-corrected chi connectivity index (χ2v) is 8.73. The lowest BCUT2D eigenvalue weighted by Gasteiger charge is -2.36. The van der Waals surface area contributed by atoms with Gasteiger partial charge in [0.05, 0.1) is 22.7 Å². The van der Waals surface area contributed by atoms with Gasteiger partial charge in [0.15, 0.2) is 9.84 Å². The number of aliphatic hydroxyl groups is 1. The molecule has 2 aliphatic rings. The first-order chi connectivity index (χ1) is 10.5. The molecule has 2 fully saturated rings. The van der Waals surface area contributed by atoms with Gasteiger partial charge in [0.2, 0.25) is 0 Å². The summed E-state index contributed by atoms with van der Waals surface area (Å²) in [5, 5.41) is 10.1. The Balaban J connectivity index is 1.74. The van der Waals surface area contributed by atoms with E-state index in [1.54, 1.807) is 7.11 Å². The van der Waals surface area contributed by atoms with Crippen molar-refractivity contribution >= 4 is 9.84 Å². The molecule has 1 aromatic rings. The molecule has 0 saturated carbocycles. The van der Waals surface area contributed by atoms with Gasteiger partial charge >= 0.3 is 0 Å². The van der Waals surface area contributed by atoms with Crippen molar-refractivity contribution in [2.75, 3.05) is 20.3 Å². The Kier molecular flexibility index (Phi) is 4.18. The molecule has 2 unspecified atom stereocenters. The largest absolute Gasteiger partial charge is 0.491 e. The van der Waals surface area contributed by atoms with E-state index in [1.165, 1.54) is 0 Å². The summed E-state index contributed by atoms with van der Waals surface area (Å²) >= 11 is 0. The molecule has 1 N–H and O–H groups in total. The van der Waals surface area contributed by atoms with E-state index in [0.29, 0.717) is 38.9 Å². The van der Waals surface area contributed by atoms with Crippen molar-refractivity contribution < 1.29 is 23.0 Å². The van der Waals surface area contributed by atoms with Crippen LogP contribution in [-0.2, 0) is 20.2 Å². The van der Waals surface area contributed by atoms with Crippen molar-refractivity contribution in [1.29, 1.82) is 0 Å². The summed E-state index contributed by atoms with van der Waals surface area (Å²) in [6, 6.07) is 7.29. The molecule has 122 valence electrons. The fraction of sp³-hybridized carbons (Fsp3) is 0.625. The molecule has 2 aliphatic heterocycles. The van der Waals surface area contributed by atoms with Gasteiger partial charge in [0, 0.05) is 7.11 Å². The molecule has 2 saturated heterocycles. The van der Waals surface area contributed by atoms with Crippen LogP contribution < -0.4 is 4.74 Å². The first-order valence-electron chi connectivity index (χ1n) is 7.63. The van der Waals surface area contributed by atoms with Crippen molar-refractivity contribution in [3.63, 3.8) is 0 Å². The van der Waals surface area contributed by atoms with E-state index in [-0.39, 0.29) is 0 Å². The van der Waals surface area contributed by atoms with Crippen LogP contribution in [0.3, 0.4) is 0 Å². The second kappa shape index (κ2) is 5.83. The third-order valence-electron chi connectivity index (χ3n) is 4.82. The summed E-state index contributed by atoms with van der Waals surface area (Å²) in [5.74, 6) is 0.718. The summed E-state index contributed by atoms with van der Waals surface area (Å²) in [5.41, 5.74) is -0.263. The van der Waals surface area contributed by atoms with Crippen molar-refractivity contribution in [3.8, 4) is 5.75 Å². The van der Waals surface area contributed by atoms with Crippen LogP contribution in [0.1, 0.15) is 31.2 Å². The summed E-state index contributed by atoms with van der Waals surface area (Å²) in [4.78, 5) is 0. The number of sulfone groups is 1. The zero-order valence-corrected chi connectivity index (χ0v) is 13.5. The van der Waals surface area contributed by atoms with Gasteiger partial charge in [-0.15, -0.1) is 0 Å². The van der Waals surface area contributed by atoms with Crippen molar-refractivity contribution in [1.82, 2.24) is 0 Å². The molecule has 5 nitrogen and oxygen atoms in total. The maximum atomic E-state index is 12.2. The third kappa shape index (κ3) is 2.75. The van der Waals surface area contributed by atoms with Crippen molar-refractivity contribution in [2.45, 2.75) is 41.8 Å². The molecule has 22 heavy (non-hydrogen) atoms. The predicted octanol–water partition coefficient (Wildman–Crippen LogP) is 1.64. The highest BCUT2D eigenvalue weighted by molar-refractivity contribution is 7.93. The Morgan fingerprint density at radius 3 is 2.27 bits per heavy atom. The SMILES string of the molecule is COCCOc1ccc(C2(O)CC3CCC(C2)S3(=O)=O)cc1. The zero-order valence-electron chi connectivity index (χ0n) is 12.7. The van der Waals surface area contributed by atoms with Gasteiger partial charge in [-0.25, -0.2) is 8.42 Å². The van der Waals surface area contributed by atoms with E-state index in [1.807, 2.05) is 24.3 Å². The molecule has 2 heterocycles. The monoisotopic (exact) mass is 326 g/mol. The number of fused-ring (bicyclic) bond motifs is 2. The maximum Gasteiger partial charge on any atom is 0.156 e. The number of hydrogen-bond donors (Lipinski definition) is 1. The fourth-order valence-corrected chi connectivity index (χ4v) is 6.08. The molecule has 6 heteroatoms. The fourth-order valence-electron chi connectivity index (χ4n) is 3.59. The topological polar surface area (TPSA) is 72.8 Å². The molecule has 1 aromatic carbocycles. The van der Waals surface area contributed by atoms with Crippen LogP contribution in [-0.4, -0.2) is 44.3 Å². The van der Waals surface area contributed by atoms with Gasteiger partial charge in [0.25, 0.3) is 0 Å². The summed E-state index contributed by atoms with van der Waals surface area (Å²) < 4.78 is 34.7. The minimum Gasteiger partial charge on any atom is -0.491 e. The van der Waals surface area contributed by atoms with Gasteiger partial charge in [-0.3, -0.25) is 0 Å². The van der Waals surface area contributed by atoms with E-state index >= 15 is 0 Å². The zero-order chi connectivity index (χ0) is 15.8. The molecule has 2 bridgehead atoms. The van der Waals surface area contributed by atoms with Crippen LogP contribution in [0.25, 0.3) is 0 Å². The Hall–Kier alpha value is -1.11. The highest BCUT2D eigenvalue weighted by Gasteiger charge is 2.53. The molecule has 3 rings (SSSR count). The van der Waals surface area contributed by atoms with Crippen molar-refractivity contribution in [3.05, 3.63) is 29.8 Å². The highest BCUT2D eigenvalue weighted by Crippen LogP contribution is 2.47. The minimum atomic E-state index is -3.03. The van der Waals surface area contributed by atoms with E-state index < -0.39 is 25.9 Å². The van der Waals surface area contributed by atoms with Crippen LogP contribution in [0.2, 0.25) is 0 Å². The molecule has 0 aromatic heterocycles. The lowest BCUT2D eigenvalue weighted by atomic mass is 9.86. The molecule has 2 atom stereocenters. The number of benzene rings is 1. The van der Waals surface area contributed by atoms with E-state index in [2.05, 4.69) is 0 Å². The quantitative estimate of drug-likeness (QED) is 0.833. The molecule has 0 amide bonds. The average molecular weight is 326 g/mol. The molecule has 0 spiro atoms. The summed E-state index contributed by atoms with van der Waals surface area (Å²) in [6.45, 7) is 0.995. The molecular weight excluding hydrogens is 304 g/mol. The number of ether oxygens (including phenoxy) is 2. The van der Waals surface area contributed by atoms with E-state index in [9.17, 15) is 13.5 Å². The minimum absolute atomic E-state index is 0.301. The molecular formula is C16H22O5S. The number of hydrogen-bond acceptors (Lipinski definition) is 5. The van der Waals surface area contributed by atoms with Crippen LogP contribution >= 0.6 is 0 Å². The normalized spacial score (nSPS) is 32.8. The van der Waals surface area contributed by atoms with Gasteiger partial charge < -0.3 is 14.6 Å². The Morgan fingerprint density at radius 2 is 1.73 bits per heavy atom. The second-order valence-electron chi connectivity index (χ2n) is 6.22.